The number of benzene rings is 2. The topological polar surface area (TPSA) is 90.5 Å². The van der Waals surface area contributed by atoms with Crippen molar-refractivity contribution < 1.29 is 18.7 Å². The van der Waals surface area contributed by atoms with Gasteiger partial charge in [0.25, 0.3) is 0 Å². The lowest BCUT2D eigenvalue weighted by Gasteiger charge is -2.54. The maximum Gasteiger partial charge on any atom is 0.172 e. The molecule has 2 aromatic carbocycles. The Labute approximate surface area is 232 Å². The van der Waals surface area contributed by atoms with Gasteiger partial charge in [0, 0.05) is 26.0 Å². The van der Waals surface area contributed by atoms with Crippen LogP contribution in [0, 0.1) is 23.1 Å². The monoisotopic (exact) mass is 545 g/mol. The van der Waals surface area contributed by atoms with E-state index in [1.807, 2.05) is 35.9 Å². The van der Waals surface area contributed by atoms with Gasteiger partial charge in [-0.2, -0.15) is 4.91 Å². The lowest BCUT2D eigenvalue weighted by Crippen LogP contribution is -2.62. The van der Waals surface area contributed by atoms with Crippen molar-refractivity contribution in [3.8, 4) is 11.4 Å². The van der Waals surface area contributed by atoms with Gasteiger partial charge in [0.1, 0.15) is 30.3 Å². The van der Waals surface area contributed by atoms with E-state index in [4.69, 9.17) is 14.3 Å². The number of methoxy groups -OCH3 is 1. The Hall–Kier alpha value is -4.05. The van der Waals surface area contributed by atoms with E-state index in [0.29, 0.717) is 31.3 Å². The molecule has 0 bridgehead atoms. The van der Waals surface area contributed by atoms with Crippen molar-refractivity contribution in [1.82, 2.24) is 14.5 Å². The highest BCUT2D eigenvalue weighted by Crippen LogP contribution is 2.48. The molecule has 1 aromatic heterocycles. The van der Waals surface area contributed by atoms with E-state index in [0.717, 1.165) is 47.3 Å². The van der Waals surface area contributed by atoms with Gasteiger partial charge < -0.3 is 23.8 Å². The number of amidine groups is 1. The fraction of sp³-hybridized carbons (Fsp3) is 0.400. The smallest absolute Gasteiger partial charge is 0.172 e. The van der Waals surface area contributed by atoms with E-state index in [9.17, 15) is 9.30 Å². The van der Waals surface area contributed by atoms with Crippen molar-refractivity contribution in [2.75, 3.05) is 40.0 Å². The number of ether oxygens (including phenoxy) is 2. The summed E-state index contributed by atoms with van der Waals surface area (Å²) in [5.74, 6) is 1.05. The van der Waals surface area contributed by atoms with Gasteiger partial charge in [-0.15, -0.1) is 0 Å². The molecule has 10 heteroatoms. The molecule has 0 N–H and O–H groups in total. The van der Waals surface area contributed by atoms with Crippen LogP contribution < -0.4 is 4.74 Å². The summed E-state index contributed by atoms with van der Waals surface area (Å²) in [7, 11) is 1.65. The molecule has 1 unspecified atom stereocenters. The van der Waals surface area contributed by atoms with Gasteiger partial charge in [-0.3, -0.25) is 0 Å². The van der Waals surface area contributed by atoms with Crippen LogP contribution in [0.25, 0.3) is 11.8 Å². The van der Waals surface area contributed by atoms with Crippen LogP contribution in [-0.4, -0.2) is 60.3 Å². The lowest BCUT2D eigenvalue weighted by atomic mass is 9.69. The SMILES string of the molecule is COc1cc(/C=C2\CC3(CCOCC3)CN3C2=NOCC3(CN=O)c2ccc(F)cc2)ccc1-n1cnc(C)c1. The molecule has 9 nitrogen and oxygen atoms in total. The molecule has 2 saturated heterocycles. The Bertz CT molecular complexity index is 1460. The molecule has 6 rings (SSSR count). The van der Waals surface area contributed by atoms with Crippen molar-refractivity contribution in [1.29, 1.82) is 0 Å². The number of aryl methyl sites for hydroxylation is 1. The fourth-order valence-electron chi connectivity index (χ4n) is 6.20. The Morgan fingerprint density at radius 1 is 1.18 bits per heavy atom. The number of rotatable bonds is 6. The van der Waals surface area contributed by atoms with Crippen LogP contribution in [-0.2, 0) is 15.1 Å². The van der Waals surface area contributed by atoms with Crippen LogP contribution in [0.3, 0.4) is 0 Å². The van der Waals surface area contributed by atoms with E-state index in [1.165, 1.54) is 12.1 Å². The van der Waals surface area contributed by atoms with E-state index >= 15 is 0 Å². The van der Waals surface area contributed by atoms with Crippen molar-refractivity contribution in [2.45, 2.75) is 31.7 Å². The number of piperidine rings is 1. The molecule has 208 valence electrons. The number of aromatic nitrogens is 2. The number of nitrogens with zero attached hydrogens (tertiary/aromatic N) is 5. The highest BCUT2D eigenvalue weighted by Gasteiger charge is 2.52. The highest BCUT2D eigenvalue weighted by molar-refractivity contribution is 6.03. The van der Waals surface area contributed by atoms with Crippen molar-refractivity contribution in [2.24, 2.45) is 15.7 Å². The average molecular weight is 546 g/mol. The minimum Gasteiger partial charge on any atom is -0.495 e. The van der Waals surface area contributed by atoms with E-state index in [-0.39, 0.29) is 24.4 Å². The zero-order valence-corrected chi connectivity index (χ0v) is 22.7. The second-order valence-corrected chi connectivity index (χ2v) is 10.9. The maximum atomic E-state index is 13.9. The predicted octanol–water partition coefficient (Wildman–Crippen LogP) is 5.22. The molecular weight excluding hydrogens is 513 g/mol. The number of hydrogen-bond acceptors (Lipinski definition) is 8. The molecule has 40 heavy (non-hydrogen) atoms. The number of nitroso groups, excluding NO2 is 1. The minimum absolute atomic E-state index is 0.0512. The molecule has 3 aromatic rings. The number of oxime groups is 1. The summed E-state index contributed by atoms with van der Waals surface area (Å²) < 4.78 is 27.3. The summed E-state index contributed by atoms with van der Waals surface area (Å²) in [6.07, 6.45) is 8.38. The number of hydrogen-bond donors (Lipinski definition) is 0. The van der Waals surface area contributed by atoms with E-state index in [2.05, 4.69) is 26.3 Å². The van der Waals surface area contributed by atoms with Crippen molar-refractivity contribution in [3.63, 3.8) is 0 Å². The first-order chi connectivity index (χ1) is 19.4. The summed E-state index contributed by atoms with van der Waals surface area (Å²) in [6, 6.07) is 12.3. The highest BCUT2D eigenvalue weighted by atomic mass is 19.1. The van der Waals surface area contributed by atoms with Crippen LogP contribution in [0.5, 0.6) is 5.75 Å². The third-order valence-corrected chi connectivity index (χ3v) is 8.37. The van der Waals surface area contributed by atoms with Crippen LogP contribution in [0.15, 0.2) is 70.9 Å². The molecule has 0 aliphatic carbocycles. The Morgan fingerprint density at radius 2 is 1.98 bits per heavy atom. The summed E-state index contributed by atoms with van der Waals surface area (Å²) in [5, 5.41) is 7.86. The van der Waals surface area contributed by atoms with Gasteiger partial charge in [-0.25, -0.2) is 9.37 Å². The van der Waals surface area contributed by atoms with E-state index in [1.54, 1.807) is 25.6 Å². The molecule has 3 aliphatic heterocycles. The zero-order valence-electron chi connectivity index (χ0n) is 22.7. The largest absolute Gasteiger partial charge is 0.495 e. The Balaban J connectivity index is 1.45. The van der Waals surface area contributed by atoms with Crippen molar-refractivity contribution >= 4 is 11.9 Å². The quantitative estimate of drug-likeness (QED) is 0.395. The van der Waals surface area contributed by atoms with Crippen molar-refractivity contribution in [3.05, 3.63) is 88.1 Å². The lowest BCUT2D eigenvalue weighted by molar-refractivity contribution is -0.0524. The normalized spacial score (nSPS) is 22.9. The number of halogens is 1. The molecule has 1 atom stereocenters. The van der Waals surface area contributed by atoms with Gasteiger partial charge in [0.2, 0.25) is 0 Å². The first-order valence-electron chi connectivity index (χ1n) is 13.5. The third-order valence-electron chi connectivity index (χ3n) is 8.37. The van der Waals surface area contributed by atoms with Gasteiger partial charge in [0.05, 0.1) is 24.8 Å². The summed E-state index contributed by atoms with van der Waals surface area (Å²) >= 11 is 0. The molecule has 2 fully saturated rings. The van der Waals surface area contributed by atoms with Crippen LogP contribution in [0.2, 0.25) is 0 Å². The minimum atomic E-state index is -0.905. The van der Waals surface area contributed by atoms with Crippen LogP contribution >= 0.6 is 0 Å². The Kier molecular flexibility index (Phi) is 6.87. The summed E-state index contributed by atoms with van der Waals surface area (Å²) in [4.78, 5) is 24.2. The average Bonchev–Trinajstić information content (AvgIpc) is 3.40. The first kappa shape index (κ1) is 26.2. The first-order valence-corrected chi connectivity index (χ1v) is 13.5. The molecule has 3 aliphatic rings. The third kappa shape index (κ3) is 4.66. The summed E-state index contributed by atoms with van der Waals surface area (Å²) in [5.41, 5.74) is 3.55. The molecular formula is C30H32FN5O4. The second-order valence-electron chi connectivity index (χ2n) is 10.9. The molecule has 4 heterocycles. The van der Waals surface area contributed by atoms with E-state index < -0.39 is 5.54 Å². The zero-order chi connectivity index (χ0) is 27.7. The molecule has 1 spiro atoms. The Morgan fingerprint density at radius 3 is 2.67 bits per heavy atom. The molecule has 0 amide bonds. The van der Waals surface area contributed by atoms with Gasteiger partial charge >= 0.3 is 0 Å². The predicted molar refractivity (Wildman–Crippen MR) is 149 cm³/mol. The maximum absolute atomic E-state index is 13.9. The molecule has 0 saturated carbocycles. The fourth-order valence-corrected chi connectivity index (χ4v) is 6.20. The van der Waals surface area contributed by atoms with Crippen LogP contribution in [0.4, 0.5) is 4.39 Å². The standard InChI is InChI=1S/C30H32FN5O4/c1-21-16-35(20-32-21)26-8-3-22(14-27(26)38-2)13-23-15-29(9-11-39-12-10-29)18-36-28(23)34-40-19-30(36,17-33-37)24-4-6-25(31)7-5-24/h3-8,13-14,16,20H,9-12,15,17-19H2,1-2H3/b23-13+. The second kappa shape index (κ2) is 10.5. The van der Waals surface area contributed by atoms with Gasteiger partial charge in [0.15, 0.2) is 5.84 Å². The summed E-state index contributed by atoms with van der Waals surface area (Å²) in [6.45, 7) is 4.05. The number of fused-ring (bicyclic) bond motifs is 1. The molecule has 0 radical (unpaired) electrons. The van der Waals surface area contributed by atoms with Gasteiger partial charge in [-0.05, 0) is 78.6 Å². The van der Waals surface area contributed by atoms with Gasteiger partial charge in [-0.1, -0.05) is 28.5 Å². The van der Waals surface area contributed by atoms with Crippen LogP contribution in [0.1, 0.15) is 36.1 Å². The number of imidazole rings is 1.